The predicted molar refractivity (Wildman–Crippen MR) is 130 cm³/mol. The van der Waals surface area contributed by atoms with Crippen LogP contribution in [0.1, 0.15) is 31.2 Å². The minimum Gasteiger partial charge on any atom is -0.439 e. The number of benzene rings is 2. The van der Waals surface area contributed by atoms with Crippen molar-refractivity contribution in [3.8, 4) is 11.6 Å². The molecular weight excluding hydrogens is 450 g/mol. The Bertz CT molecular complexity index is 1170. The second-order valence-electron chi connectivity index (χ2n) is 8.48. The number of carbonyl (C=O) groups excluding carboxylic acids is 1. The number of amides is 1. The van der Waals surface area contributed by atoms with E-state index >= 15 is 0 Å². The molecule has 1 amide bonds. The Morgan fingerprint density at radius 1 is 1.00 bits per heavy atom. The molecule has 2 N–H and O–H groups in total. The molecule has 0 unspecified atom stereocenters. The second kappa shape index (κ2) is 11.3. The molecule has 0 radical (unpaired) electrons. The average Bonchev–Trinajstić information content (AvgIpc) is 2.82. The number of nitrogens with one attached hydrogen (secondary N) is 2. The number of carbonyl (C=O) groups is 1. The van der Waals surface area contributed by atoms with Crippen LogP contribution in [0.15, 0.2) is 83.9 Å². The third kappa shape index (κ3) is 6.65. The number of hydrogen-bond acceptors (Lipinski definition) is 5. The first-order chi connectivity index (χ1) is 16.5. The van der Waals surface area contributed by atoms with Crippen molar-refractivity contribution in [1.82, 2.24) is 15.0 Å². The number of hydrogen-bond donors (Lipinski definition) is 2. The molecule has 4 rings (SSSR count). The van der Waals surface area contributed by atoms with Crippen molar-refractivity contribution in [3.63, 3.8) is 0 Å². The fraction of sp³-hybridized carbons (Fsp3) is 0.308. The van der Waals surface area contributed by atoms with Crippen molar-refractivity contribution in [2.75, 3.05) is 6.54 Å². The van der Waals surface area contributed by atoms with Crippen molar-refractivity contribution in [3.05, 3.63) is 84.6 Å². The maximum absolute atomic E-state index is 13.1. The molecule has 1 aliphatic rings. The summed E-state index contributed by atoms with van der Waals surface area (Å²) in [6, 6.07) is 19.8. The summed E-state index contributed by atoms with van der Waals surface area (Å²) in [4.78, 5) is 17.1. The Balaban J connectivity index is 1.44. The maximum atomic E-state index is 13.1. The number of pyridine rings is 1. The first-order valence-corrected chi connectivity index (χ1v) is 13.0. The van der Waals surface area contributed by atoms with E-state index < -0.39 is 16.1 Å². The summed E-state index contributed by atoms with van der Waals surface area (Å²) in [6.07, 6.45) is 6.46. The first-order valence-electron chi connectivity index (χ1n) is 11.5. The van der Waals surface area contributed by atoms with Crippen molar-refractivity contribution >= 4 is 15.9 Å². The highest BCUT2D eigenvalue weighted by molar-refractivity contribution is 7.89. The zero-order chi connectivity index (χ0) is 23.8. The van der Waals surface area contributed by atoms with Gasteiger partial charge in [0.15, 0.2) is 0 Å². The highest BCUT2D eigenvalue weighted by Crippen LogP contribution is 2.28. The van der Waals surface area contributed by atoms with Crippen LogP contribution in [0.2, 0.25) is 0 Å². The van der Waals surface area contributed by atoms with Gasteiger partial charge in [-0.05, 0) is 54.7 Å². The number of aromatic nitrogens is 1. The molecule has 0 aliphatic heterocycles. The molecule has 1 aliphatic carbocycles. The molecule has 7 nitrogen and oxygen atoms in total. The van der Waals surface area contributed by atoms with Gasteiger partial charge in [0.25, 0.3) is 0 Å². The average molecular weight is 480 g/mol. The zero-order valence-electron chi connectivity index (χ0n) is 18.9. The van der Waals surface area contributed by atoms with Crippen LogP contribution in [0, 0.1) is 5.92 Å². The third-order valence-corrected chi connectivity index (χ3v) is 7.45. The van der Waals surface area contributed by atoms with Gasteiger partial charge < -0.3 is 10.1 Å². The molecular formula is C26H29N3O4S. The van der Waals surface area contributed by atoms with Crippen LogP contribution in [0.5, 0.6) is 11.6 Å². The van der Waals surface area contributed by atoms with E-state index in [2.05, 4.69) is 15.0 Å². The Morgan fingerprint density at radius 2 is 1.74 bits per heavy atom. The van der Waals surface area contributed by atoms with E-state index in [0.29, 0.717) is 24.1 Å². The van der Waals surface area contributed by atoms with Gasteiger partial charge in [0.1, 0.15) is 11.8 Å². The molecule has 1 heterocycles. The number of rotatable bonds is 11. The van der Waals surface area contributed by atoms with Crippen molar-refractivity contribution in [1.29, 1.82) is 0 Å². The van der Waals surface area contributed by atoms with E-state index in [1.54, 1.807) is 36.5 Å². The van der Waals surface area contributed by atoms with Crippen LogP contribution < -0.4 is 14.8 Å². The normalized spacial score (nSPS) is 14.7. The molecule has 34 heavy (non-hydrogen) atoms. The van der Waals surface area contributed by atoms with Crippen molar-refractivity contribution in [2.24, 2.45) is 5.92 Å². The molecule has 1 saturated carbocycles. The van der Waals surface area contributed by atoms with Gasteiger partial charge in [-0.25, -0.2) is 13.4 Å². The molecule has 0 bridgehead atoms. The topological polar surface area (TPSA) is 97.4 Å². The third-order valence-electron chi connectivity index (χ3n) is 5.97. The summed E-state index contributed by atoms with van der Waals surface area (Å²) in [5.74, 6) is 1.23. The summed E-state index contributed by atoms with van der Waals surface area (Å²) >= 11 is 0. The van der Waals surface area contributed by atoms with Gasteiger partial charge in [-0.3, -0.25) is 4.79 Å². The summed E-state index contributed by atoms with van der Waals surface area (Å²) in [6.45, 7) is 0.552. The summed E-state index contributed by atoms with van der Waals surface area (Å²) in [5.41, 5.74) is 0.878. The van der Waals surface area contributed by atoms with E-state index in [1.807, 2.05) is 30.3 Å². The molecule has 2 aromatic carbocycles. The van der Waals surface area contributed by atoms with Gasteiger partial charge in [-0.15, -0.1) is 0 Å². The summed E-state index contributed by atoms with van der Waals surface area (Å²) in [5, 5.41) is 2.92. The maximum Gasteiger partial charge on any atom is 0.241 e. The van der Waals surface area contributed by atoms with Gasteiger partial charge >= 0.3 is 0 Å². The Morgan fingerprint density at radius 3 is 2.38 bits per heavy atom. The van der Waals surface area contributed by atoms with Gasteiger partial charge in [0.05, 0.1) is 4.90 Å². The van der Waals surface area contributed by atoms with Crippen LogP contribution in [0.3, 0.4) is 0 Å². The van der Waals surface area contributed by atoms with E-state index in [1.165, 1.54) is 31.4 Å². The minimum atomic E-state index is -3.93. The monoisotopic (exact) mass is 479 g/mol. The van der Waals surface area contributed by atoms with Crippen LogP contribution in [0.4, 0.5) is 0 Å². The van der Waals surface area contributed by atoms with Gasteiger partial charge in [0.2, 0.25) is 21.8 Å². The van der Waals surface area contributed by atoms with Crippen LogP contribution in [-0.4, -0.2) is 31.9 Å². The minimum absolute atomic E-state index is 0.0567. The quantitative estimate of drug-likeness (QED) is 0.432. The molecule has 1 aromatic heterocycles. The molecule has 0 saturated heterocycles. The van der Waals surface area contributed by atoms with E-state index in [-0.39, 0.29) is 17.2 Å². The van der Waals surface area contributed by atoms with Gasteiger partial charge in [0, 0.05) is 18.8 Å². The Kier molecular flexibility index (Phi) is 7.92. The Hall–Kier alpha value is -3.23. The number of ether oxygens (including phenoxy) is 1. The lowest BCUT2D eigenvalue weighted by atomic mass is 9.83. The molecule has 178 valence electrons. The van der Waals surface area contributed by atoms with Gasteiger partial charge in [-0.1, -0.05) is 55.7 Å². The zero-order valence-corrected chi connectivity index (χ0v) is 19.7. The predicted octanol–water partition coefficient (Wildman–Crippen LogP) is 4.07. The fourth-order valence-electron chi connectivity index (χ4n) is 3.81. The SMILES string of the molecule is O=C(NCCC1CCC1)[C@H](Cc1ccccc1)NS(=O)(=O)c1ccc(Oc2ccccn2)cc1. The molecule has 1 fully saturated rings. The lowest BCUT2D eigenvalue weighted by Gasteiger charge is -2.25. The van der Waals surface area contributed by atoms with Crippen LogP contribution >= 0.6 is 0 Å². The highest BCUT2D eigenvalue weighted by Gasteiger charge is 2.26. The largest absolute Gasteiger partial charge is 0.439 e. The number of nitrogens with zero attached hydrogens (tertiary/aromatic N) is 1. The Labute approximate surface area is 200 Å². The number of sulfonamides is 1. The van der Waals surface area contributed by atoms with E-state index in [9.17, 15) is 13.2 Å². The second-order valence-corrected chi connectivity index (χ2v) is 10.2. The molecule has 3 aromatic rings. The van der Waals surface area contributed by atoms with Gasteiger partial charge in [-0.2, -0.15) is 4.72 Å². The smallest absolute Gasteiger partial charge is 0.241 e. The van der Waals surface area contributed by atoms with Crippen molar-refractivity contribution in [2.45, 2.75) is 43.0 Å². The van der Waals surface area contributed by atoms with Crippen LogP contribution in [0.25, 0.3) is 0 Å². The van der Waals surface area contributed by atoms with E-state index in [0.717, 1.165) is 12.0 Å². The summed E-state index contributed by atoms with van der Waals surface area (Å²) in [7, 11) is -3.93. The summed E-state index contributed by atoms with van der Waals surface area (Å²) < 4.78 is 34.4. The van der Waals surface area contributed by atoms with Crippen molar-refractivity contribution < 1.29 is 17.9 Å². The lowest BCUT2D eigenvalue weighted by Crippen LogP contribution is -2.48. The highest BCUT2D eigenvalue weighted by atomic mass is 32.2. The molecule has 0 spiro atoms. The lowest BCUT2D eigenvalue weighted by molar-refractivity contribution is -0.122. The molecule has 1 atom stereocenters. The molecule has 8 heteroatoms. The standard InChI is InChI=1S/C26H29N3O4S/c30-26(28-18-16-20-9-6-10-20)24(19-21-7-2-1-3-8-21)29-34(31,32)23-14-12-22(13-15-23)33-25-11-4-5-17-27-25/h1-5,7-8,11-15,17,20,24,29H,6,9-10,16,18-19H2,(H,28,30)/t24-/m0/s1. The first kappa shape index (κ1) is 23.9. The van der Waals surface area contributed by atoms with E-state index in [4.69, 9.17) is 4.74 Å². The fourth-order valence-corrected chi connectivity index (χ4v) is 5.01. The van der Waals surface area contributed by atoms with Crippen LogP contribution in [-0.2, 0) is 21.2 Å².